The second-order valence-electron chi connectivity index (χ2n) is 14.9. The average Bonchev–Trinajstić information content (AvgIpc) is 3.47. The first-order valence-corrected chi connectivity index (χ1v) is 20.6. The Morgan fingerprint density at radius 3 is 2.48 bits per heavy atom. The summed E-state index contributed by atoms with van der Waals surface area (Å²) in [5.74, 6) is 0.973. The molecule has 3 aromatic heterocycles. The number of nitrogens with zero attached hydrogens (tertiary/aromatic N) is 5. The highest BCUT2D eigenvalue weighted by Gasteiger charge is 2.31. The van der Waals surface area contributed by atoms with Gasteiger partial charge in [-0.1, -0.05) is 55.3 Å². The smallest absolute Gasteiger partial charge is 0.244 e. The molecular formula is C42H48ClN7O3S. The van der Waals surface area contributed by atoms with E-state index in [4.69, 9.17) is 16.6 Å². The molecule has 0 saturated carbocycles. The van der Waals surface area contributed by atoms with Gasteiger partial charge in [0.05, 0.1) is 34.5 Å². The van der Waals surface area contributed by atoms with Gasteiger partial charge in [0.15, 0.2) is 0 Å². The number of carbonyl (C=O) groups excluding carboxylic acids is 1. The summed E-state index contributed by atoms with van der Waals surface area (Å²) in [6.45, 7) is 7.74. The van der Waals surface area contributed by atoms with Crippen molar-refractivity contribution in [2.45, 2.75) is 76.8 Å². The fourth-order valence-corrected chi connectivity index (χ4v) is 9.18. The summed E-state index contributed by atoms with van der Waals surface area (Å²) in [6, 6.07) is 19.1. The molecule has 10 nitrogen and oxygen atoms in total. The van der Waals surface area contributed by atoms with Crippen LogP contribution in [0, 0.1) is 12.8 Å². The maximum atomic E-state index is 14.0. The summed E-state index contributed by atoms with van der Waals surface area (Å²) < 4.78 is 29.2. The lowest BCUT2D eigenvalue weighted by Gasteiger charge is -2.32. The molecule has 1 amide bonds. The van der Waals surface area contributed by atoms with Gasteiger partial charge in [0.2, 0.25) is 15.9 Å². The number of likely N-dealkylation sites (tertiary alicyclic amines) is 1. The average molecular weight is 766 g/mol. The van der Waals surface area contributed by atoms with Crippen LogP contribution in [-0.2, 0) is 34.1 Å². The molecule has 0 radical (unpaired) electrons. The Morgan fingerprint density at radius 1 is 0.963 bits per heavy atom. The van der Waals surface area contributed by atoms with Crippen molar-refractivity contribution in [3.63, 3.8) is 0 Å². The van der Waals surface area contributed by atoms with Crippen molar-refractivity contribution in [3.05, 3.63) is 123 Å². The van der Waals surface area contributed by atoms with Crippen LogP contribution in [0.5, 0.6) is 0 Å². The van der Waals surface area contributed by atoms with E-state index in [1.165, 1.54) is 32.1 Å². The lowest BCUT2D eigenvalue weighted by atomic mass is 9.88. The molecule has 1 atom stereocenters. The molecule has 54 heavy (non-hydrogen) atoms. The Bertz CT molecular complexity index is 2290. The van der Waals surface area contributed by atoms with E-state index in [0.29, 0.717) is 18.8 Å². The van der Waals surface area contributed by atoms with Gasteiger partial charge in [-0.3, -0.25) is 19.7 Å². The standard InChI is InChI=1S/C42H48ClN7O3S/c1-27(2)7-16-38(49(4)54(52,53)34-13-8-29(9-14-34)24-37-42-36(17-21-44-37)46-28(3)47-42)48-39(51)26-50-22-18-30(19-23-50)40-35-15-12-33(43)25-32(35)11-10-31-6-5-20-45-41(31)40/h5-6,8-9,12-15,17,20-21,25,27,38H,7,10-11,16,18-19,22-24,26H2,1-4H3,(H,46,47)(H,48,51). The molecule has 1 aliphatic carbocycles. The van der Waals surface area contributed by atoms with Crippen LogP contribution in [0.3, 0.4) is 0 Å². The second kappa shape index (κ2) is 16.1. The SMILES string of the molecule is Cc1nc2c(Cc3ccc(S(=O)(=O)N(C)C(CCC(C)C)NC(=O)CN4CCC(=C5c6ccc(Cl)cc6CCc6cccnc65)CC4)cc3)nccc2[nH]1. The van der Waals surface area contributed by atoms with Crippen molar-refractivity contribution in [2.24, 2.45) is 5.92 Å². The number of nitrogens with one attached hydrogen (secondary N) is 2. The number of rotatable bonds is 11. The molecule has 2 aliphatic rings. The molecule has 282 valence electrons. The molecule has 1 saturated heterocycles. The third-order valence-electron chi connectivity index (χ3n) is 10.7. The largest absolute Gasteiger partial charge is 0.342 e. The Kier molecular flexibility index (Phi) is 11.3. The summed E-state index contributed by atoms with van der Waals surface area (Å²) in [5.41, 5.74) is 10.8. The Balaban J connectivity index is 1.02. The minimum Gasteiger partial charge on any atom is -0.342 e. The summed E-state index contributed by atoms with van der Waals surface area (Å²) in [5, 5.41) is 3.83. The molecule has 4 heterocycles. The number of fused-ring (bicyclic) bond motifs is 3. The van der Waals surface area contributed by atoms with Gasteiger partial charge >= 0.3 is 0 Å². The third kappa shape index (κ3) is 8.29. The van der Waals surface area contributed by atoms with Gasteiger partial charge in [0.25, 0.3) is 0 Å². The number of sulfonamides is 1. The zero-order valence-electron chi connectivity index (χ0n) is 31.4. The van der Waals surface area contributed by atoms with E-state index in [2.05, 4.69) is 57.2 Å². The quantitative estimate of drug-likeness (QED) is 0.138. The maximum Gasteiger partial charge on any atom is 0.244 e. The van der Waals surface area contributed by atoms with Crippen LogP contribution in [0.1, 0.15) is 79.0 Å². The van der Waals surface area contributed by atoms with Crippen LogP contribution < -0.4 is 5.32 Å². The monoisotopic (exact) mass is 765 g/mol. The summed E-state index contributed by atoms with van der Waals surface area (Å²) in [6.07, 6.45) is 8.16. The van der Waals surface area contributed by atoms with Crippen LogP contribution in [-0.4, -0.2) is 76.3 Å². The number of amides is 1. The molecule has 2 N–H and O–H groups in total. The van der Waals surface area contributed by atoms with E-state index in [0.717, 1.165) is 84.0 Å². The number of pyridine rings is 2. The minimum absolute atomic E-state index is 0.175. The first kappa shape index (κ1) is 37.9. The number of halogens is 1. The van der Waals surface area contributed by atoms with Crippen LogP contribution in [0.15, 0.2) is 83.5 Å². The van der Waals surface area contributed by atoms with Gasteiger partial charge in [0.1, 0.15) is 11.3 Å². The van der Waals surface area contributed by atoms with Crippen molar-refractivity contribution >= 4 is 44.1 Å². The van der Waals surface area contributed by atoms with Gasteiger partial charge in [-0.2, -0.15) is 4.31 Å². The summed E-state index contributed by atoms with van der Waals surface area (Å²) in [4.78, 5) is 33.1. The Hall–Kier alpha value is -4.42. The topological polar surface area (TPSA) is 124 Å². The predicted molar refractivity (Wildman–Crippen MR) is 214 cm³/mol. The number of benzene rings is 2. The van der Waals surface area contributed by atoms with Crippen molar-refractivity contribution < 1.29 is 13.2 Å². The minimum atomic E-state index is -3.91. The predicted octanol–water partition coefficient (Wildman–Crippen LogP) is 7.10. The van der Waals surface area contributed by atoms with Crippen LogP contribution in [0.2, 0.25) is 5.02 Å². The molecule has 7 rings (SSSR count). The first-order chi connectivity index (χ1) is 26.0. The number of hydrogen-bond donors (Lipinski definition) is 2. The van der Waals surface area contributed by atoms with Crippen molar-refractivity contribution in [2.75, 3.05) is 26.7 Å². The Labute approximate surface area is 323 Å². The van der Waals surface area contributed by atoms with E-state index < -0.39 is 16.2 Å². The zero-order chi connectivity index (χ0) is 38.0. The molecule has 2 aromatic carbocycles. The van der Waals surface area contributed by atoms with Gasteiger partial charge in [-0.05, 0) is 110 Å². The van der Waals surface area contributed by atoms with Gasteiger partial charge < -0.3 is 10.3 Å². The molecule has 0 spiro atoms. The number of H-pyrrole nitrogens is 1. The molecule has 1 aliphatic heterocycles. The van der Waals surface area contributed by atoms with Crippen molar-refractivity contribution in [3.8, 4) is 0 Å². The van der Waals surface area contributed by atoms with Crippen LogP contribution in [0.25, 0.3) is 16.6 Å². The van der Waals surface area contributed by atoms with Crippen LogP contribution in [0.4, 0.5) is 0 Å². The fourth-order valence-electron chi connectivity index (χ4n) is 7.68. The maximum absolute atomic E-state index is 14.0. The number of imidazole rings is 1. The molecular weight excluding hydrogens is 718 g/mol. The van der Waals surface area contributed by atoms with Gasteiger partial charge in [0, 0.05) is 49.5 Å². The number of aromatic amines is 1. The first-order valence-electron chi connectivity index (χ1n) is 18.8. The molecule has 1 fully saturated rings. The van der Waals surface area contributed by atoms with E-state index in [1.54, 1.807) is 25.4 Å². The van der Waals surface area contributed by atoms with Crippen molar-refractivity contribution in [1.29, 1.82) is 0 Å². The number of hydrogen-bond acceptors (Lipinski definition) is 7. The number of carbonyl (C=O) groups is 1. The lowest BCUT2D eigenvalue weighted by molar-refractivity contribution is -0.123. The van der Waals surface area contributed by atoms with E-state index >= 15 is 0 Å². The molecule has 12 heteroatoms. The summed E-state index contributed by atoms with van der Waals surface area (Å²) in [7, 11) is -2.35. The fraction of sp³-hybridized carbons (Fsp3) is 0.381. The molecule has 0 bridgehead atoms. The highest BCUT2D eigenvalue weighted by molar-refractivity contribution is 7.89. The van der Waals surface area contributed by atoms with Gasteiger partial charge in [-0.15, -0.1) is 0 Å². The normalized spacial score (nSPS) is 15.7. The highest BCUT2D eigenvalue weighted by Crippen LogP contribution is 2.38. The van der Waals surface area contributed by atoms with Crippen molar-refractivity contribution in [1.82, 2.24) is 34.5 Å². The number of piperidine rings is 1. The second-order valence-corrected chi connectivity index (χ2v) is 17.4. The molecule has 5 aromatic rings. The van der Waals surface area contributed by atoms with E-state index in [9.17, 15) is 13.2 Å². The van der Waals surface area contributed by atoms with E-state index in [-0.39, 0.29) is 17.3 Å². The number of aryl methyl sites for hydroxylation is 3. The summed E-state index contributed by atoms with van der Waals surface area (Å²) >= 11 is 6.42. The highest BCUT2D eigenvalue weighted by atomic mass is 35.5. The Morgan fingerprint density at radius 2 is 1.72 bits per heavy atom. The number of aromatic nitrogens is 4. The van der Waals surface area contributed by atoms with Crippen LogP contribution >= 0.6 is 11.6 Å². The van der Waals surface area contributed by atoms with Gasteiger partial charge in [-0.25, -0.2) is 13.4 Å². The zero-order valence-corrected chi connectivity index (χ0v) is 33.0. The third-order valence-corrected chi connectivity index (χ3v) is 12.8. The lowest BCUT2D eigenvalue weighted by Crippen LogP contribution is -2.51. The van der Waals surface area contributed by atoms with E-state index in [1.807, 2.05) is 43.5 Å². The molecule has 1 unspecified atom stereocenters.